The highest BCUT2D eigenvalue weighted by molar-refractivity contribution is 5.47. The Hall–Kier alpha value is -2.69. The first-order valence-electron chi connectivity index (χ1n) is 9.64. The molecule has 2 aromatic rings. The average molecular weight is 427 g/mol. The molecule has 2 aliphatic heterocycles. The Morgan fingerprint density at radius 3 is 2.73 bits per heavy atom. The second-order valence-electron chi connectivity index (χ2n) is 7.46. The number of nitrogens with zero attached hydrogens (tertiary/aromatic N) is 5. The number of hydrogen-bond acceptors (Lipinski definition) is 6. The zero-order valence-electron chi connectivity index (χ0n) is 16.3. The van der Waals surface area contributed by atoms with Crippen LogP contribution < -0.4 is 15.4 Å². The van der Waals surface area contributed by atoms with Crippen LogP contribution in [0.15, 0.2) is 29.2 Å². The first-order valence-corrected chi connectivity index (χ1v) is 9.64. The van der Waals surface area contributed by atoms with Gasteiger partial charge in [0.05, 0.1) is 37.7 Å². The van der Waals surface area contributed by atoms with Crippen molar-refractivity contribution in [3.8, 4) is 0 Å². The molecule has 2 aromatic heterocycles. The van der Waals surface area contributed by atoms with E-state index in [1.54, 1.807) is 0 Å². The van der Waals surface area contributed by atoms with E-state index >= 15 is 0 Å². The van der Waals surface area contributed by atoms with Gasteiger partial charge in [0.1, 0.15) is 17.7 Å². The molecule has 0 unspecified atom stereocenters. The summed E-state index contributed by atoms with van der Waals surface area (Å²) in [5.41, 5.74) is -0.162. The quantitative estimate of drug-likeness (QED) is 0.701. The molecule has 0 aliphatic carbocycles. The molecule has 4 heterocycles. The normalized spacial score (nSPS) is 22.2. The number of alkyl halides is 3. The Labute approximate surface area is 169 Å². The minimum absolute atomic E-state index is 0.0594. The third kappa shape index (κ3) is 3.98. The molecule has 11 heteroatoms. The standard InChI is InChI=1S/C19H21F4N5O2/c1-12-11-30-7-6-26(12)16-8-17(29)27-5-4-15(19(21,22)23)28(18(27)25-16)10-14-3-2-13(20)9-24-14/h2-3,8-9,12,15H,4-7,10-11H2,1H3/t12-,15+/m1/s1. The highest BCUT2D eigenvalue weighted by Gasteiger charge is 2.47. The number of anilines is 2. The predicted molar refractivity (Wildman–Crippen MR) is 101 cm³/mol. The van der Waals surface area contributed by atoms with Gasteiger partial charge in [-0.05, 0) is 25.5 Å². The molecule has 0 amide bonds. The molecule has 0 bridgehead atoms. The van der Waals surface area contributed by atoms with Crippen molar-refractivity contribution in [2.24, 2.45) is 0 Å². The van der Waals surface area contributed by atoms with E-state index in [-0.39, 0.29) is 37.2 Å². The monoisotopic (exact) mass is 427 g/mol. The summed E-state index contributed by atoms with van der Waals surface area (Å²) in [5, 5.41) is 0. The van der Waals surface area contributed by atoms with E-state index in [0.717, 1.165) is 17.2 Å². The number of pyridine rings is 1. The van der Waals surface area contributed by atoms with E-state index in [2.05, 4.69) is 9.97 Å². The highest BCUT2D eigenvalue weighted by atomic mass is 19.4. The van der Waals surface area contributed by atoms with Gasteiger partial charge in [-0.1, -0.05) is 0 Å². The van der Waals surface area contributed by atoms with Crippen molar-refractivity contribution in [3.63, 3.8) is 0 Å². The van der Waals surface area contributed by atoms with Crippen LogP contribution in [0.1, 0.15) is 19.0 Å². The fourth-order valence-corrected chi connectivity index (χ4v) is 3.87. The highest BCUT2D eigenvalue weighted by Crippen LogP contribution is 2.35. The van der Waals surface area contributed by atoms with Gasteiger partial charge in [-0.15, -0.1) is 0 Å². The summed E-state index contributed by atoms with van der Waals surface area (Å²) in [4.78, 5) is 24.0. The first-order chi connectivity index (χ1) is 14.2. The van der Waals surface area contributed by atoms with Crippen LogP contribution in [-0.4, -0.2) is 52.6 Å². The number of halogens is 4. The van der Waals surface area contributed by atoms with Crippen LogP contribution in [0.5, 0.6) is 0 Å². The van der Waals surface area contributed by atoms with Gasteiger partial charge in [-0.25, -0.2) is 4.39 Å². The van der Waals surface area contributed by atoms with Crippen LogP contribution in [0.3, 0.4) is 0 Å². The molecule has 0 aromatic carbocycles. The number of fused-ring (bicyclic) bond motifs is 1. The number of aromatic nitrogens is 3. The summed E-state index contributed by atoms with van der Waals surface area (Å²) < 4.78 is 61.3. The fraction of sp³-hybridized carbons (Fsp3) is 0.526. The summed E-state index contributed by atoms with van der Waals surface area (Å²) in [6, 6.07) is 1.93. The van der Waals surface area contributed by atoms with Crippen molar-refractivity contribution in [1.29, 1.82) is 0 Å². The number of rotatable bonds is 3. The summed E-state index contributed by atoms with van der Waals surface area (Å²) in [5.74, 6) is -0.319. The summed E-state index contributed by atoms with van der Waals surface area (Å²) in [7, 11) is 0. The molecule has 0 spiro atoms. The topological polar surface area (TPSA) is 63.5 Å². The molecule has 7 nitrogen and oxygen atoms in total. The molecule has 4 rings (SSSR count). The van der Waals surface area contributed by atoms with E-state index in [1.807, 2.05) is 11.8 Å². The lowest BCUT2D eigenvalue weighted by Gasteiger charge is -2.40. The van der Waals surface area contributed by atoms with Gasteiger partial charge in [0.2, 0.25) is 5.95 Å². The maximum Gasteiger partial charge on any atom is 0.408 e. The lowest BCUT2D eigenvalue weighted by atomic mass is 10.1. The van der Waals surface area contributed by atoms with Crippen LogP contribution in [0.25, 0.3) is 0 Å². The van der Waals surface area contributed by atoms with Crippen LogP contribution in [0.2, 0.25) is 0 Å². The molecule has 0 saturated carbocycles. The van der Waals surface area contributed by atoms with E-state index in [9.17, 15) is 22.4 Å². The SMILES string of the molecule is C[C@@H]1COCCN1c1cc(=O)n2c(n1)N(Cc1ccc(F)cn1)[C@H](C(F)(F)F)CC2. The van der Waals surface area contributed by atoms with E-state index < -0.39 is 23.6 Å². The molecule has 162 valence electrons. The second-order valence-corrected chi connectivity index (χ2v) is 7.46. The van der Waals surface area contributed by atoms with E-state index in [4.69, 9.17) is 4.74 Å². The van der Waals surface area contributed by atoms with Crippen LogP contribution in [0.4, 0.5) is 29.3 Å². The van der Waals surface area contributed by atoms with Crippen molar-refractivity contribution < 1.29 is 22.3 Å². The van der Waals surface area contributed by atoms with Crippen molar-refractivity contribution in [1.82, 2.24) is 14.5 Å². The average Bonchev–Trinajstić information content (AvgIpc) is 2.69. The zero-order chi connectivity index (χ0) is 21.5. The largest absolute Gasteiger partial charge is 0.408 e. The van der Waals surface area contributed by atoms with Gasteiger partial charge in [-0.2, -0.15) is 18.2 Å². The summed E-state index contributed by atoms with van der Waals surface area (Å²) in [6.45, 7) is 2.93. The van der Waals surface area contributed by atoms with Gasteiger partial charge in [0.25, 0.3) is 5.56 Å². The van der Waals surface area contributed by atoms with Crippen molar-refractivity contribution in [2.75, 3.05) is 29.6 Å². The molecule has 1 fully saturated rings. The fourth-order valence-electron chi connectivity index (χ4n) is 3.87. The van der Waals surface area contributed by atoms with Gasteiger partial charge in [0, 0.05) is 19.2 Å². The molecule has 1 saturated heterocycles. The Morgan fingerprint density at radius 1 is 1.27 bits per heavy atom. The summed E-state index contributed by atoms with van der Waals surface area (Å²) in [6.07, 6.45) is -3.86. The van der Waals surface area contributed by atoms with Crippen LogP contribution >= 0.6 is 0 Å². The number of ether oxygens (including phenoxy) is 1. The zero-order valence-corrected chi connectivity index (χ0v) is 16.3. The smallest absolute Gasteiger partial charge is 0.377 e. The van der Waals surface area contributed by atoms with Gasteiger partial charge >= 0.3 is 6.18 Å². The third-order valence-electron chi connectivity index (χ3n) is 5.39. The predicted octanol–water partition coefficient (Wildman–Crippen LogP) is 2.34. The Balaban J connectivity index is 1.78. The lowest BCUT2D eigenvalue weighted by Crippen LogP contribution is -2.52. The van der Waals surface area contributed by atoms with E-state index in [1.165, 1.54) is 16.7 Å². The maximum absolute atomic E-state index is 13.8. The van der Waals surface area contributed by atoms with Crippen LogP contribution in [0, 0.1) is 5.82 Å². The molecule has 2 aliphatic rings. The molecule has 0 N–H and O–H groups in total. The molecule has 2 atom stereocenters. The van der Waals surface area contributed by atoms with Crippen LogP contribution in [-0.2, 0) is 17.8 Å². The molecule has 0 radical (unpaired) electrons. The number of hydrogen-bond donors (Lipinski definition) is 0. The van der Waals surface area contributed by atoms with Crippen molar-refractivity contribution >= 4 is 11.8 Å². The van der Waals surface area contributed by atoms with E-state index in [0.29, 0.717) is 25.6 Å². The lowest BCUT2D eigenvalue weighted by molar-refractivity contribution is -0.153. The molecular formula is C19H21F4N5O2. The number of morpholine rings is 1. The Kier molecular flexibility index (Phi) is 5.39. The maximum atomic E-state index is 13.8. The first kappa shape index (κ1) is 20.6. The minimum Gasteiger partial charge on any atom is -0.377 e. The van der Waals surface area contributed by atoms with Crippen molar-refractivity contribution in [3.05, 3.63) is 46.3 Å². The van der Waals surface area contributed by atoms with Crippen molar-refractivity contribution in [2.45, 2.75) is 44.7 Å². The molecular weight excluding hydrogens is 406 g/mol. The minimum atomic E-state index is -4.52. The second kappa shape index (κ2) is 7.86. The Morgan fingerprint density at radius 2 is 2.07 bits per heavy atom. The molecule has 30 heavy (non-hydrogen) atoms. The Bertz CT molecular complexity index is 963. The van der Waals surface area contributed by atoms with Gasteiger partial charge in [-0.3, -0.25) is 14.3 Å². The van der Waals surface area contributed by atoms with Gasteiger partial charge < -0.3 is 14.5 Å². The summed E-state index contributed by atoms with van der Waals surface area (Å²) >= 11 is 0. The van der Waals surface area contributed by atoms with Gasteiger partial charge in [0.15, 0.2) is 0 Å². The third-order valence-corrected chi connectivity index (χ3v) is 5.39.